The van der Waals surface area contributed by atoms with Gasteiger partial charge in [-0.1, -0.05) is 12.1 Å². The molecule has 1 amide bonds. The van der Waals surface area contributed by atoms with Crippen molar-refractivity contribution in [3.8, 4) is 23.1 Å². The van der Waals surface area contributed by atoms with Gasteiger partial charge in [-0.05, 0) is 62.9 Å². The molecule has 8 nitrogen and oxygen atoms in total. The fourth-order valence-electron chi connectivity index (χ4n) is 4.54. The highest BCUT2D eigenvalue weighted by atomic mass is 16.7. The third kappa shape index (κ3) is 4.83. The summed E-state index contributed by atoms with van der Waals surface area (Å²) in [5.74, 6) is 0.717. The number of carbonyl (C=O) groups is 1. The Balaban J connectivity index is 1.49. The molecule has 2 fully saturated rings. The van der Waals surface area contributed by atoms with Crippen LogP contribution >= 0.6 is 0 Å². The molecule has 0 unspecified atom stereocenters. The molecule has 1 saturated heterocycles. The van der Waals surface area contributed by atoms with Crippen LogP contribution in [0.5, 0.6) is 5.75 Å². The number of nitriles is 1. The van der Waals surface area contributed by atoms with Crippen LogP contribution in [0.2, 0.25) is 0 Å². The third-order valence-corrected chi connectivity index (χ3v) is 6.35. The number of benzene rings is 2. The van der Waals surface area contributed by atoms with Crippen LogP contribution in [0, 0.1) is 11.3 Å². The quantitative estimate of drug-likeness (QED) is 0.477. The number of anilines is 1. The van der Waals surface area contributed by atoms with Gasteiger partial charge in [-0.25, -0.2) is 4.79 Å². The van der Waals surface area contributed by atoms with Crippen LogP contribution in [-0.2, 0) is 14.2 Å². The van der Waals surface area contributed by atoms with Crippen molar-refractivity contribution in [2.24, 2.45) is 0 Å². The van der Waals surface area contributed by atoms with Gasteiger partial charge in [-0.15, -0.1) is 0 Å². The van der Waals surface area contributed by atoms with Gasteiger partial charge >= 0.3 is 6.09 Å². The van der Waals surface area contributed by atoms with Gasteiger partial charge in [0.2, 0.25) is 0 Å². The van der Waals surface area contributed by atoms with Crippen LogP contribution in [0.15, 0.2) is 42.5 Å². The van der Waals surface area contributed by atoms with Gasteiger partial charge in [-0.3, -0.25) is 5.32 Å². The lowest BCUT2D eigenvalue weighted by Crippen LogP contribution is -2.19. The first kappa shape index (κ1) is 23.2. The van der Waals surface area contributed by atoms with E-state index in [1.807, 2.05) is 42.5 Å². The molecule has 1 aromatic heterocycles. The minimum atomic E-state index is -0.491. The summed E-state index contributed by atoms with van der Waals surface area (Å²) < 4.78 is 24.3. The Morgan fingerprint density at radius 2 is 1.91 bits per heavy atom. The molecule has 5 rings (SSSR count). The number of amides is 1. The van der Waals surface area contributed by atoms with Crippen LogP contribution in [-0.4, -0.2) is 42.9 Å². The largest absolute Gasteiger partial charge is 0.488 e. The lowest BCUT2D eigenvalue weighted by molar-refractivity contribution is -0.0683. The first-order chi connectivity index (χ1) is 17.0. The molecule has 35 heavy (non-hydrogen) atoms. The number of aromatic nitrogens is 1. The first-order valence-electron chi connectivity index (χ1n) is 12.1. The van der Waals surface area contributed by atoms with Crippen molar-refractivity contribution in [3.05, 3.63) is 48.0 Å². The topological polar surface area (TPSA) is 94.7 Å². The Hall–Kier alpha value is -3.54. The van der Waals surface area contributed by atoms with Crippen LogP contribution in [0.25, 0.3) is 22.2 Å². The Morgan fingerprint density at radius 1 is 1.17 bits per heavy atom. The maximum atomic E-state index is 11.9. The van der Waals surface area contributed by atoms with Crippen molar-refractivity contribution in [2.45, 2.75) is 51.5 Å². The number of fused-ring (bicyclic) bond motifs is 1. The zero-order chi connectivity index (χ0) is 24.4. The lowest BCUT2D eigenvalue weighted by Gasteiger charge is -2.30. The minimum Gasteiger partial charge on any atom is -0.488 e. The second-order valence-corrected chi connectivity index (χ2v) is 9.11. The van der Waals surface area contributed by atoms with E-state index in [0.717, 1.165) is 35.0 Å². The third-order valence-electron chi connectivity index (χ3n) is 6.35. The van der Waals surface area contributed by atoms with Crippen LogP contribution in [0.1, 0.15) is 44.7 Å². The molecule has 1 aliphatic heterocycles. The normalized spacial score (nSPS) is 16.3. The highest BCUT2D eigenvalue weighted by molar-refractivity contribution is 5.96. The van der Waals surface area contributed by atoms with Gasteiger partial charge in [0.15, 0.2) is 6.29 Å². The second-order valence-electron chi connectivity index (χ2n) is 9.11. The summed E-state index contributed by atoms with van der Waals surface area (Å²) in [4.78, 5) is 11.9. The number of rotatable bonds is 7. The number of nitrogens with one attached hydrogen (secondary N) is 1. The molecule has 3 aromatic rings. The number of carbonyl (C=O) groups excluding carboxylic acids is 1. The molecule has 182 valence electrons. The van der Waals surface area contributed by atoms with Gasteiger partial charge in [0.1, 0.15) is 18.4 Å². The molecule has 1 aliphatic carbocycles. The monoisotopic (exact) mass is 475 g/mol. The van der Waals surface area contributed by atoms with Gasteiger partial charge in [0.05, 0.1) is 36.1 Å². The van der Waals surface area contributed by atoms with E-state index in [1.165, 1.54) is 6.42 Å². The molecule has 1 saturated carbocycles. The second kappa shape index (κ2) is 9.98. The Labute approximate surface area is 204 Å². The highest BCUT2D eigenvalue weighted by Gasteiger charge is 2.28. The minimum absolute atomic E-state index is 0.197. The van der Waals surface area contributed by atoms with E-state index in [0.29, 0.717) is 42.9 Å². The van der Waals surface area contributed by atoms with Crippen LogP contribution < -0.4 is 10.1 Å². The summed E-state index contributed by atoms with van der Waals surface area (Å²) >= 11 is 0. The maximum absolute atomic E-state index is 11.9. The van der Waals surface area contributed by atoms with Gasteiger partial charge in [0, 0.05) is 23.2 Å². The smallest absolute Gasteiger partial charge is 0.411 e. The molecule has 2 heterocycles. The van der Waals surface area contributed by atoms with Crippen molar-refractivity contribution >= 4 is 22.7 Å². The van der Waals surface area contributed by atoms with Crippen molar-refractivity contribution in [3.63, 3.8) is 0 Å². The molecule has 1 N–H and O–H groups in total. The van der Waals surface area contributed by atoms with E-state index >= 15 is 0 Å². The zero-order valence-corrected chi connectivity index (χ0v) is 20.0. The highest BCUT2D eigenvalue weighted by Crippen LogP contribution is 2.43. The number of nitrogens with zero attached hydrogens (tertiary/aromatic N) is 2. The maximum Gasteiger partial charge on any atom is 0.411 e. The van der Waals surface area contributed by atoms with Crippen molar-refractivity contribution in [1.82, 2.24) is 4.57 Å². The average molecular weight is 476 g/mol. The predicted octanol–water partition coefficient (Wildman–Crippen LogP) is 5.61. The Morgan fingerprint density at radius 3 is 2.54 bits per heavy atom. The van der Waals surface area contributed by atoms with Crippen LogP contribution in [0.4, 0.5) is 10.5 Å². The number of hydrogen-bond donors (Lipinski definition) is 1. The fourth-order valence-corrected chi connectivity index (χ4v) is 4.54. The summed E-state index contributed by atoms with van der Waals surface area (Å²) in [6.45, 7) is 5.09. The first-order valence-corrected chi connectivity index (χ1v) is 12.1. The predicted molar refractivity (Wildman–Crippen MR) is 131 cm³/mol. The van der Waals surface area contributed by atoms with E-state index in [2.05, 4.69) is 16.0 Å². The molecule has 0 bridgehead atoms. The Bertz CT molecular complexity index is 1250. The molecular formula is C27H29N3O5. The summed E-state index contributed by atoms with van der Waals surface area (Å²) in [5.41, 5.74) is 4.07. The van der Waals surface area contributed by atoms with E-state index in [-0.39, 0.29) is 12.4 Å². The molecule has 2 aliphatic rings. The standard InChI is InChI=1S/C27H29N3O5/c1-17(2)35-27(31)29-19-8-6-18(7-9-19)26-23(15-28)22-11-10-21(34-16-25-32-12-13-33-25)14-24(22)30(26)20-4-3-5-20/h6-11,14,17,20,25H,3-5,12-13,16H2,1-2H3,(H,29,31). The van der Waals surface area contributed by atoms with E-state index in [4.69, 9.17) is 18.9 Å². The van der Waals surface area contributed by atoms with Crippen molar-refractivity contribution < 1.29 is 23.7 Å². The van der Waals surface area contributed by atoms with Crippen LogP contribution in [0.3, 0.4) is 0 Å². The summed E-state index contributed by atoms with van der Waals surface area (Å²) in [6.07, 6.45) is 2.26. The van der Waals surface area contributed by atoms with E-state index in [1.54, 1.807) is 13.8 Å². The number of hydrogen-bond acceptors (Lipinski definition) is 6. The van der Waals surface area contributed by atoms with Gasteiger partial charge in [-0.2, -0.15) is 5.26 Å². The molecule has 0 atom stereocenters. The average Bonchev–Trinajstić information content (AvgIpc) is 3.43. The fraction of sp³-hybridized carbons (Fsp3) is 0.407. The molecule has 0 spiro atoms. The van der Waals surface area contributed by atoms with E-state index < -0.39 is 6.09 Å². The molecular weight excluding hydrogens is 446 g/mol. The Kier molecular flexibility index (Phi) is 6.62. The summed E-state index contributed by atoms with van der Waals surface area (Å²) in [6, 6.07) is 16.1. The molecule has 8 heteroatoms. The summed E-state index contributed by atoms with van der Waals surface area (Å²) in [5, 5.41) is 13.8. The lowest BCUT2D eigenvalue weighted by atomic mass is 9.92. The zero-order valence-electron chi connectivity index (χ0n) is 20.0. The summed E-state index contributed by atoms with van der Waals surface area (Å²) in [7, 11) is 0. The SMILES string of the molecule is CC(C)OC(=O)Nc1ccc(-c2c(C#N)c3ccc(OCC4OCCO4)cc3n2C2CCC2)cc1. The van der Waals surface area contributed by atoms with Gasteiger partial charge < -0.3 is 23.5 Å². The van der Waals surface area contributed by atoms with Gasteiger partial charge in [0.25, 0.3) is 0 Å². The van der Waals surface area contributed by atoms with Crippen molar-refractivity contribution in [2.75, 3.05) is 25.1 Å². The van der Waals surface area contributed by atoms with E-state index in [9.17, 15) is 10.1 Å². The molecule has 2 aromatic carbocycles. The number of ether oxygens (including phenoxy) is 4. The van der Waals surface area contributed by atoms with Crippen molar-refractivity contribution in [1.29, 1.82) is 5.26 Å². The molecule has 0 radical (unpaired) electrons.